The van der Waals surface area contributed by atoms with Gasteiger partial charge < -0.3 is 10.2 Å². The number of benzene rings is 5. The molecule has 1 N–H and O–H groups in total. The van der Waals surface area contributed by atoms with Crippen LogP contribution in [0.5, 0.6) is 0 Å². The highest BCUT2D eigenvalue weighted by Crippen LogP contribution is 2.42. The third kappa shape index (κ3) is 7.63. The molecule has 0 saturated carbocycles. The van der Waals surface area contributed by atoms with Gasteiger partial charge in [0.1, 0.15) is 0 Å². The van der Waals surface area contributed by atoms with Crippen molar-refractivity contribution in [2.24, 2.45) is 0 Å². The van der Waals surface area contributed by atoms with Gasteiger partial charge in [0.05, 0.1) is 0 Å². The molecule has 0 heterocycles. The Kier molecular flexibility index (Phi) is 8.93. The normalized spacial score (nSPS) is 12.2. The molecule has 5 aromatic carbocycles. The van der Waals surface area contributed by atoms with Gasteiger partial charge in [0.15, 0.2) is 0 Å². The highest BCUT2D eigenvalue weighted by Gasteiger charge is 2.24. The lowest BCUT2D eigenvalue weighted by Gasteiger charge is -2.31. The summed E-state index contributed by atoms with van der Waals surface area (Å²) in [7, 11) is 0. The molecule has 0 amide bonds. The number of anilines is 5. The zero-order valence-electron chi connectivity index (χ0n) is 28.3. The smallest absolute Gasteiger partial charge is 0.0497 e. The van der Waals surface area contributed by atoms with Crippen molar-refractivity contribution in [1.82, 2.24) is 0 Å². The molecule has 45 heavy (non-hydrogen) atoms. The molecule has 0 spiro atoms. The van der Waals surface area contributed by atoms with Crippen LogP contribution in [0.3, 0.4) is 0 Å². The maximum absolute atomic E-state index is 6.92. The molecule has 0 unspecified atom stereocenters. The van der Waals surface area contributed by atoms with Crippen molar-refractivity contribution < 1.29 is 0 Å². The van der Waals surface area contributed by atoms with E-state index >= 15 is 0 Å². The number of rotatable bonds is 6. The second-order valence-corrected chi connectivity index (χ2v) is 15.6. The Morgan fingerprint density at radius 2 is 1.02 bits per heavy atom. The molecule has 0 bridgehead atoms. The van der Waals surface area contributed by atoms with Crippen LogP contribution in [0, 0.1) is 0 Å². The minimum Gasteiger partial charge on any atom is -0.355 e. The van der Waals surface area contributed by atoms with Crippen molar-refractivity contribution >= 4 is 40.0 Å². The minimum atomic E-state index is -0.00747. The molecule has 0 fully saturated rings. The fourth-order valence-electron chi connectivity index (χ4n) is 5.54. The molecule has 2 nitrogen and oxygen atoms in total. The van der Waals surface area contributed by atoms with Crippen molar-refractivity contribution in [1.29, 1.82) is 0 Å². The Bertz CT molecular complexity index is 1740. The van der Waals surface area contributed by atoms with Crippen LogP contribution < -0.4 is 10.2 Å². The predicted molar refractivity (Wildman–Crippen MR) is 197 cm³/mol. The Morgan fingerprint density at radius 3 is 1.58 bits per heavy atom. The standard InChI is InChI=1S/C42H47ClN2/c1-40(2,3)30-20-21-39(38(25-30)29-16-12-10-13-17-29)44-34-26-33(43)27-37(28-34)45(35-18-14-11-15-19-35)36-23-31(41(4,5)6)22-32(24-36)42(7,8)9/h10-28,44H,1-9H3. The fraction of sp³-hybridized carbons (Fsp3) is 0.286. The van der Waals surface area contributed by atoms with E-state index in [9.17, 15) is 0 Å². The van der Waals surface area contributed by atoms with Gasteiger partial charge in [-0.15, -0.1) is 0 Å². The summed E-state index contributed by atoms with van der Waals surface area (Å²) < 4.78 is 0. The number of hydrogen-bond acceptors (Lipinski definition) is 2. The summed E-state index contributed by atoms with van der Waals surface area (Å²) in [6, 6.07) is 41.2. The van der Waals surface area contributed by atoms with Crippen LogP contribution in [0.4, 0.5) is 28.4 Å². The molecule has 0 aliphatic rings. The summed E-state index contributed by atoms with van der Waals surface area (Å²) in [4.78, 5) is 2.32. The first-order chi connectivity index (χ1) is 21.1. The zero-order chi connectivity index (χ0) is 32.6. The van der Waals surface area contributed by atoms with Crippen LogP contribution in [-0.2, 0) is 16.2 Å². The highest BCUT2D eigenvalue weighted by atomic mass is 35.5. The molecule has 3 heteroatoms. The van der Waals surface area contributed by atoms with Crippen molar-refractivity contribution in [3.05, 3.63) is 137 Å². The minimum absolute atomic E-state index is 0.00747. The quantitative estimate of drug-likeness (QED) is 0.205. The fourth-order valence-corrected chi connectivity index (χ4v) is 5.77. The molecule has 0 saturated heterocycles. The maximum Gasteiger partial charge on any atom is 0.0497 e. The SMILES string of the molecule is CC(C)(C)c1cc(N(c2ccccc2)c2cc(Cl)cc(Nc3ccc(C(C)(C)C)cc3-c3ccccc3)c2)cc(C(C)(C)C)c1. The van der Waals surface area contributed by atoms with Crippen LogP contribution in [0.15, 0.2) is 115 Å². The summed E-state index contributed by atoms with van der Waals surface area (Å²) in [5.41, 5.74) is 11.4. The average molecular weight is 615 g/mol. The lowest BCUT2D eigenvalue weighted by Crippen LogP contribution is -2.19. The number of halogens is 1. The highest BCUT2D eigenvalue weighted by molar-refractivity contribution is 6.31. The van der Waals surface area contributed by atoms with Crippen LogP contribution in [0.2, 0.25) is 5.02 Å². The first-order valence-corrected chi connectivity index (χ1v) is 16.3. The summed E-state index contributed by atoms with van der Waals surface area (Å²) in [5.74, 6) is 0. The van der Waals surface area contributed by atoms with Crippen molar-refractivity contribution in [2.45, 2.75) is 78.6 Å². The van der Waals surface area contributed by atoms with E-state index in [4.69, 9.17) is 11.6 Å². The molecule has 5 rings (SSSR count). The Morgan fingerprint density at radius 1 is 0.489 bits per heavy atom. The molecular weight excluding hydrogens is 568 g/mol. The van der Waals surface area contributed by atoms with E-state index in [1.54, 1.807) is 0 Å². The second-order valence-electron chi connectivity index (χ2n) is 15.1. The lowest BCUT2D eigenvalue weighted by molar-refractivity contribution is 0.569. The van der Waals surface area contributed by atoms with Crippen LogP contribution >= 0.6 is 11.6 Å². The largest absolute Gasteiger partial charge is 0.355 e. The first-order valence-electron chi connectivity index (χ1n) is 15.9. The van der Waals surface area contributed by atoms with Gasteiger partial charge in [0.25, 0.3) is 0 Å². The van der Waals surface area contributed by atoms with Gasteiger partial charge in [-0.3, -0.25) is 0 Å². The van der Waals surface area contributed by atoms with Crippen LogP contribution in [0.1, 0.15) is 79.0 Å². The van der Waals surface area contributed by atoms with Crippen molar-refractivity contribution in [2.75, 3.05) is 10.2 Å². The van der Waals surface area contributed by atoms with Gasteiger partial charge in [-0.05, 0) is 93.1 Å². The molecule has 0 atom stereocenters. The molecule has 0 aliphatic carbocycles. The van der Waals surface area contributed by atoms with Crippen molar-refractivity contribution in [3.8, 4) is 11.1 Å². The number of para-hydroxylation sites is 1. The number of nitrogens with zero attached hydrogens (tertiary/aromatic N) is 1. The van der Waals surface area contributed by atoms with E-state index < -0.39 is 0 Å². The summed E-state index contributed by atoms with van der Waals surface area (Å²) in [6.07, 6.45) is 0. The lowest BCUT2D eigenvalue weighted by atomic mass is 9.80. The Hall–Kier alpha value is -4.01. The van der Waals surface area contributed by atoms with E-state index in [2.05, 4.69) is 182 Å². The van der Waals surface area contributed by atoms with E-state index in [1.165, 1.54) is 22.3 Å². The molecule has 0 aromatic heterocycles. The van der Waals surface area contributed by atoms with Gasteiger partial charge in [0.2, 0.25) is 0 Å². The third-order valence-electron chi connectivity index (χ3n) is 8.31. The van der Waals surface area contributed by atoms with E-state index in [-0.39, 0.29) is 16.2 Å². The predicted octanol–water partition coefficient (Wildman–Crippen LogP) is 13.1. The molecular formula is C42H47ClN2. The summed E-state index contributed by atoms with van der Waals surface area (Å²) >= 11 is 6.92. The summed E-state index contributed by atoms with van der Waals surface area (Å²) in [5, 5.41) is 4.42. The Labute approximate surface area is 276 Å². The zero-order valence-corrected chi connectivity index (χ0v) is 29.1. The number of hydrogen-bond donors (Lipinski definition) is 1. The van der Waals surface area contributed by atoms with Gasteiger partial charge in [-0.25, -0.2) is 0 Å². The van der Waals surface area contributed by atoms with E-state index in [1.807, 2.05) is 6.07 Å². The van der Waals surface area contributed by atoms with Crippen LogP contribution in [-0.4, -0.2) is 0 Å². The van der Waals surface area contributed by atoms with Crippen molar-refractivity contribution in [3.63, 3.8) is 0 Å². The van der Waals surface area contributed by atoms with Crippen LogP contribution in [0.25, 0.3) is 11.1 Å². The second kappa shape index (κ2) is 12.4. The molecule has 5 aromatic rings. The van der Waals surface area contributed by atoms with Gasteiger partial charge >= 0.3 is 0 Å². The summed E-state index contributed by atoms with van der Waals surface area (Å²) in [6.45, 7) is 20.4. The monoisotopic (exact) mass is 614 g/mol. The maximum atomic E-state index is 6.92. The first kappa shape index (κ1) is 32.4. The topological polar surface area (TPSA) is 15.3 Å². The average Bonchev–Trinajstić information content (AvgIpc) is 2.97. The van der Waals surface area contributed by atoms with Gasteiger partial charge in [-0.1, -0.05) is 135 Å². The van der Waals surface area contributed by atoms with Gasteiger partial charge in [-0.2, -0.15) is 0 Å². The molecule has 232 valence electrons. The Balaban J connectivity index is 1.67. The number of nitrogens with one attached hydrogen (secondary N) is 1. The third-order valence-corrected chi connectivity index (χ3v) is 8.53. The molecule has 0 aliphatic heterocycles. The van der Waals surface area contributed by atoms with Gasteiger partial charge in [0, 0.05) is 39.0 Å². The van der Waals surface area contributed by atoms with E-state index in [0.29, 0.717) is 5.02 Å². The van der Waals surface area contributed by atoms with E-state index in [0.717, 1.165) is 34.0 Å². The molecule has 0 radical (unpaired) electrons.